The zero-order chi connectivity index (χ0) is 15.1. The van der Waals surface area contributed by atoms with E-state index in [0.717, 1.165) is 25.2 Å². The Morgan fingerprint density at radius 2 is 2.00 bits per heavy atom. The number of carbonyl (C=O) groups is 1. The minimum atomic E-state index is -0.118. The third kappa shape index (κ3) is 5.16. The maximum atomic E-state index is 12.4. The van der Waals surface area contributed by atoms with Crippen molar-refractivity contribution in [3.8, 4) is 0 Å². The van der Waals surface area contributed by atoms with Gasteiger partial charge in [-0.15, -0.1) is 0 Å². The highest BCUT2D eigenvalue weighted by Gasteiger charge is 2.22. The van der Waals surface area contributed by atoms with Gasteiger partial charge in [-0.05, 0) is 37.2 Å². The Kier molecular flexibility index (Phi) is 6.24. The van der Waals surface area contributed by atoms with Crippen LogP contribution in [-0.2, 0) is 11.2 Å². The average Bonchev–Trinajstić information content (AvgIpc) is 2.70. The van der Waals surface area contributed by atoms with Gasteiger partial charge in [0, 0.05) is 12.6 Å². The van der Waals surface area contributed by atoms with Gasteiger partial charge >= 0.3 is 0 Å². The predicted molar refractivity (Wildman–Crippen MR) is 86.9 cm³/mol. The van der Waals surface area contributed by atoms with E-state index in [1.54, 1.807) is 0 Å². The molecule has 1 aromatic carbocycles. The minimum absolute atomic E-state index is 0.118. The van der Waals surface area contributed by atoms with Gasteiger partial charge in [0.05, 0.1) is 5.92 Å². The van der Waals surface area contributed by atoms with Crippen LogP contribution in [0, 0.1) is 11.8 Å². The van der Waals surface area contributed by atoms with E-state index in [-0.39, 0.29) is 11.8 Å². The van der Waals surface area contributed by atoms with E-state index in [0.29, 0.717) is 12.6 Å². The molecule has 0 saturated heterocycles. The Bertz CT molecular complexity index is 432. The van der Waals surface area contributed by atoms with Crippen molar-refractivity contribution in [2.75, 3.05) is 6.54 Å². The molecule has 1 aliphatic carbocycles. The summed E-state index contributed by atoms with van der Waals surface area (Å²) in [6.07, 6.45) is 6.67. The summed E-state index contributed by atoms with van der Waals surface area (Å²) in [4.78, 5) is 12.4. The first kappa shape index (κ1) is 16.0. The van der Waals surface area contributed by atoms with Crippen LogP contribution in [0.2, 0.25) is 0 Å². The number of rotatable bonds is 5. The number of amides is 1. The van der Waals surface area contributed by atoms with Crippen molar-refractivity contribution in [3.63, 3.8) is 0 Å². The molecule has 0 radical (unpaired) electrons. The highest BCUT2D eigenvalue weighted by Crippen LogP contribution is 2.23. The molecule has 3 heteroatoms. The van der Waals surface area contributed by atoms with Crippen molar-refractivity contribution in [1.29, 1.82) is 0 Å². The molecule has 1 fully saturated rings. The van der Waals surface area contributed by atoms with E-state index >= 15 is 0 Å². The standard InChI is InChI=1S/C18H28N2O/c1-14-6-5-9-17(11-10-14)20-18(21)16(13-19)12-15-7-3-2-4-8-15/h2-4,7-8,14,16-17H,5-6,9-13,19H2,1H3,(H,20,21). The van der Waals surface area contributed by atoms with Crippen LogP contribution in [0.5, 0.6) is 0 Å². The second-order valence-corrected chi connectivity index (χ2v) is 6.44. The second-order valence-electron chi connectivity index (χ2n) is 6.44. The molecule has 1 aliphatic rings. The maximum absolute atomic E-state index is 12.4. The monoisotopic (exact) mass is 288 g/mol. The summed E-state index contributed by atoms with van der Waals surface area (Å²) in [5.41, 5.74) is 7.00. The summed E-state index contributed by atoms with van der Waals surface area (Å²) in [6.45, 7) is 2.71. The quantitative estimate of drug-likeness (QED) is 0.819. The fraction of sp³-hybridized carbons (Fsp3) is 0.611. The zero-order valence-corrected chi connectivity index (χ0v) is 13.1. The van der Waals surface area contributed by atoms with Crippen molar-refractivity contribution < 1.29 is 4.79 Å². The Balaban J connectivity index is 1.87. The molecule has 1 aromatic rings. The fourth-order valence-electron chi connectivity index (χ4n) is 3.13. The summed E-state index contributed by atoms with van der Waals surface area (Å²) in [7, 11) is 0. The second kappa shape index (κ2) is 8.18. The number of carbonyl (C=O) groups excluding carboxylic acids is 1. The molecule has 3 unspecified atom stereocenters. The van der Waals surface area contributed by atoms with Gasteiger partial charge in [0.1, 0.15) is 0 Å². The van der Waals surface area contributed by atoms with E-state index in [2.05, 4.69) is 24.4 Å². The maximum Gasteiger partial charge on any atom is 0.224 e. The SMILES string of the molecule is CC1CCCC(NC(=O)C(CN)Cc2ccccc2)CC1. The highest BCUT2D eigenvalue weighted by atomic mass is 16.1. The molecule has 3 N–H and O–H groups in total. The normalized spacial score (nSPS) is 24.1. The van der Waals surface area contributed by atoms with Gasteiger partial charge in [-0.3, -0.25) is 4.79 Å². The lowest BCUT2D eigenvalue weighted by molar-refractivity contribution is -0.125. The van der Waals surface area contributed by atoms with E-state index in [1.807, 2.05) is 18.2 Å². The van der Waals surface area contributed by atoms with Gasteiger partial charge in [0.2, 0.25) is 5.91 Å². The largest absolute Gasteiger partial charge is 0.353 e. The molecule has 1 amide bonds. The predicted octanol–water partition coefficient (Wildman–Crippen LogP) is 2.89. The molecular weight excluding hydrogens is 260 g/mol. The van der Waals surface area contributed by atoms with Crippen LogP contribution >= 0.6 is 0 Å². The van der Waals surface area contributed by atoms with Crippen molar-refractivity contribution >= 4 is 5.91 Å². The summed E-state index contributed by atoms with van der Waals surface area (Å²) >= 11 is 0. The molecule has 1 saturated carbocycles. The van der Waals surface area contributed by atoms with Crippen LogP contribution in [0.15, 0.2) is 30.3 Å². The lowest BCUT2D eigenvalue weighted by Crippen LogP contribution is -2.42. The Labute approximate surface area is 128 Å². The zero-order valence-electron chi connectivity index (χ0n) is 13.1. The molecule has 3 nitrogen and oxygen atoms in total. The van der Waals surface area contributed by atoms with Gasteiger partial charge in [-0.25, -0.2) is 0 Å². The third-order valence-corrected chi connectivity index (χ3v) is 4.58. The number of hydrogen-bond acceptors (Lipinski definition) is 2. The molecule has 0 bridgehead atoms. The van der Waals surface area contributed by atoms with Gasteiger partial charge < -0.3 is 11.1 Å². The third-order valence-electron chi connectivity index (χ3n) is 4.58. The number of nitrogens with one attached hydrogen (secondary N) is 1. The van der Waals surface area contributed by atoms with Gasteiger partial charge in [0.25, 0.3) is 0 Å². The Morgan fingerprint density at radius 3 is 2.71 bits per heavy atom. The summed E-state index contributed by atoms with van der Waals surface area (Å²) < 4.78 is 0. The average molecular weight is 288 g/mol. The van der Waals surface area contributed by atoms with Crippen LogP contribution in [-0.4, -0.2) is 18.5 Å². The molecule has 116 valence electrons. The number of hydrogen-bond donors (Lipinski definition) is 2. The van der Waals surface area contributed by atoms with Gasteiger partial charge in [-0.2, -0.15) is 0 Å². The molecule has 21 heavy (non-hydrogen) atoms. The van der Waals surface area contributed by atoms with Crippen LogP contribution in [0.4, 0.5) is 0 Å². The van der Waals surface area contributed by atoms with Gasteiger partial charge in [0.15, 0.2) is 0 Å². The van der Waals surface area contributed by atoms with E-state index in [4.69, 9.17) is 5.73 Å². The van der Waals surface area contributed by atoms with E-state index in [9.17, 15) is 4.79 Å². The van der Waals surface area contributed by atoms with E-state index < -0.39 is 0 Å². The molecule has 0 aromatic heterocycles. The van der Waals surface area contributed by atoms with Crippen molar-refractivity contribution in [2.45, 2.75) is 51.5 Å². The minimum Gasteiger partial charge on any atom is -0.353 e. The lowest BCUT2D eigenvalue weighted by Gasteiger charge is -2.21. The summed E-state index contributed by atoms with van der Waals surface area (Å²) in [6, 6.07) is 10.5. The van der Waals surface area contributed by atoms with Gasteiger partial charge in [-0.1, -0.05) is 50.1 Å². The smallest absolute Gasteiger partial charge is 0.224 e. The lowest BCUT2D eigenvalue weighted by atomic mass is 9.97. The first-order chi connectivity index (χ1) is 10.2. The molecular formula is C18H28N2O. The fourth-order valence-corrected chi connectivity index (χ4v) is 3.13. The van der Waals surface area contributed by atoms with Crippen LogP contribution in [0.3, 0.4) is 0 Å². The first-order valence-electron chi connectivity index (χ1n) is 8.23. The molecule has 0 spiro atoms. The molecule has 0 heterocycles. The number of benzene rings is 1. The molecule has 3 atom stereocenters. The Morgan fingerprint density at radius 1 is 1.24 bits per heavy atom. The van der Waals surface area contributed by atoms with E-state index in [1.165, 1.54) is 24.8 Å². The molecule has 2 rings (SSSR count). The first-order valence-corrected chi connectivity index (χ1v) is 8.23. The number of nitrogens with two attached hydrogens (primary N) is 1. The van der Waals surface area contributed by atoms with Crippen molar-refractivity contribution in [3.05, 3.63) is 35.9 Å². The van der Waals surface area contributed by atoms with Crippen LogP contribution in [0.1, 0.15) is 44.6 Å². The topological polar surface area (TPSA) is 55.1 Å². The van der Waals surface area contributed by atoms with Crippen molar-refractivity contribution in [1.82, 2.24) is 5.32 Å². The summed E-state index contributed by atoms with van der Waals surface area (Å²) in [5, 5.41) is 3.23. The van der Waals surface area contributed by atoms with Crippen molar-refractivity contribution in [2.24, 2.45) is 17.6 Å². The van der Waals surface area contributed by atoms with Crippen LogP contribution in [0.25, 0.3) is 0 Å². The highest BCUT2D eigenvalue weighted by molar-refractivity contribution is 5.79. The van der Waals surface area contributed by atoms with Crippen LogP contribution < -0.4 is 11.1 Å². The Hall–Kier alpha value is -1.35. The summed E-state index contributed by atoms with van der Waals surface area (Å²) in [5.74, 6) is 0.801. The molecule has 0 aliphatic heterocycles.